The molecule has 240 valence electrons. The van der Waals surface area contributed by atoms with Gasteiger partial charge in [0.05, 0.1) is 28.4 Å². The van der Waals surface area contributed by atoms with Crippen molar-refractivity contribution >= 4 is 0 Å². The van der Waals surface area contributed by atoms with E-state index in [0.29, 0.717) is 66.1 Å². The molecule has 4 aromatic rings. The van der Waals surface area contributed by atoms with Gasteiger partial charge in [0.2, 0.25) is 5.75 Å². The molecule has 0 amide bonds. The molecule has 0 unspecified atom stereocenters. The minimum atomic E-state index is -0.258. The summed E-state index contributed by atoms with van der Waals surface area (Å²) in [7, 11) is 8.77. The van der Waals surface area contributed by atoms with Crippen LogP contribution >= 0.6 is 0 Å². The van der Waals surface area contributed by atoms with E-state index in [2.05, 4.69) is 18.0 Å². The summed E-state index contributed by atoms with van der Waals surface area (Å²) in [4.78, 5) is 2.29. The normalized spacial score (nSPS) is 22.0. The maximum Gasteiger partial charge on any atom is 0.201 e. The SMILES string of the molecule is COc1ccc2cc1Oc1ccc(cc1)C[C@H]1c3cc(c(OC)cc3CC[N@@+]1(C)O)Oc1c(O)c(OC)cc3c1[C@H](C2)N(C)CC3. The second-order valence-corrected chi connectivity index (χ2v) is 12.7. The fourth-order valence-electron chi connectivity index (χ4n) is 7.25. The van der Waals surface area contributed by atoms with Crippen LogP contribution < -0.4 is 23.7 Å². The van der Waals surface area contributed by atoms with Crippen molar-refractivity contribution in [1.82, 2.24) is 4.90 Å². The number of aromatic hydroxyl groups is 1. The average molecular weight is 626 g/mol. The number of methoxy groups -OCH3 is 3. The summed E-state index contributed by atoms with van der Waals surface area (Å²) in [5, 5.41) is 23.3. The van der Waals surface area contributed by atoms with Crippen molar-refractivity contribution < 1.29 is 38.6 Å². The molecule has 2 N–H and O–H groups in total. The Hall–Kier alpha value is -4.44. The molecule has 0 spiro atoms. The number of rotatable bonds is 3. The largest absolute Gasteiger partial charge is 0.502 e. The van der Waals surface area contributed by atoms with Gasteiger partial charge in [0.15, 0.2) is 34.5 Å². The summed E-state index contributed by atoms with van der Waals surface area (Å²) < 4.78 is 30.2. The van der Waals surface area contributed by atoms with Crippen LogP contribution in [0.1, 0.15) is 45.5 Å². The molecular weight excluding hydrogens is 584 g/mol. The molecule has 9 nitrogen and oxygen atoms in total. The highest BCUT2D eigenvalue weighted by atomic mass is 16.5. The van der Waals surface area contributed by atoms with E-state index in [1.807, 2.05) is 61.6 Å². The third kappa shape index (κ3) is 5.28. The Kier molecular flexibility index (Phi) is 7.71. The third-order valence-electron chi connectivity index (χ3n) is 9.90. The Morgan fingerprint density at radius 2 is 1.48 bits per heavy atom. The fraction of sp³-hybridized carbons (Fsp3) is 0.351. The van der Waals surface area contributed by atoms with Crippen molar-refractivity contribution in [3.05, 3.63) is 94.0 Å². The van der Waals surface area contributed by atoms with Gasteiger partial charge in [-0.05, 0) is 84.6 Å². The maximum atomic E-state index is 11.7. The van der Waals surface area contributed by atoms with Crippen LogP contribution in [0.25, 0.3) is 0 Å². The van der Waals surface area contributed by atoms with Gasteiger partial charge < -0.3 is 28.8 Å². The molecule has 4 aliphatic heterocycles. The van der Waals surface area contributed by atoms with Crippen LogP contribution in [-0.2, 0) is 25.7 Å². The van der Waals surface area contributed by atoms with E-state index in [1.165, 1.54) is 0 Å². The van der Waals surface area contributed by atoms with Gasteiger partial charge in [-0.25, -0.2) is 5.21 Å². The third-order valence-corrected chi connectivity index (χ3v) is 9.90. The number of nitrogens with zero attached hydrogens (tertiary/aromatic N) is 2. The van der Waals surface area contributed by atoms with Crippen LogP contribution in [0.5, 0.6) is 46.0 Å². The number of hydrogen-bond acceptors (Lipinski definition) is 8. The lowest BCUT2D eigenvalue weighted by Crippen LogP contribution is -2.49. The van der Waals surface area contributed by atoms with Crippen molar-refractivity contribution in [2.24, 2.45) is 0 Å². The van der Waals surface area contributed by atoms with Crippen LogP contribution in [0.15, 0.2) is 60.7 Å². The first kappa shape index (κ1) is 30.2. The lowest BCUT2D eigenvalue weighted by atomic mass is 9.87. The predicted octanol–water partition coefficient (Wildman–Crippen LogP) is 6.76. The minimum Gasteiger partial charge on any atom is -0.502 e. The molecule has 6 bridgehead atoms. The molecule has 3 atom stereocenters. The number of benzene rings is 4. The van der Waals surface area contributed by atoms with Crippen molar-refractivity contribution in [3.63, 3.8) is 0 Å². The Bertz CT molecular complexity index is 1790. The van der Waals surface area contributed by atoms with Crippen molar-refractivity contribution in [2.45, 2.75) is 37.8 Å². The second kappa shape index (κ2) is 11.7. The number of ether oxygens (including phenoxy) is 5. The molecule has 9 heteroatoms. The molecule has 4 heterocycles. The van der Waals surface area contributed by atoms with E-state index in [-0.39, 0.29) is 22.5 Å². The van der Waals surface area contributed by atoms with E-state index in [9.17, 15) is 10.3 Å². The van der Waals surface area contributed by atoms with Crippen LogP contribution in [0.3, 0.4) is 0 Å². The van der Waals surface area contributed by atoms with E-state index in [0.717, 1.165) is 46.3 Å². The summed E-state index contributed by atoms with van der Waals surface area (Å²) >= 11 is 0. The summed E-state index contributed by atoms with van der Waals surface area (Å²) in [6.07, 6.45) is 2.69. The van der Waals surface area contributed by atoms with E-state index < -0.39 is 0 Å². The Labute approximate surface area is 269 Å². The van der Waals surface area contributed by atoms with Crippen molar-refractivity contribution in [3.8, 4) is 46.0 Å². The molecule has 46 heavy (non-hydrogen) atoms. The lowest BCUT2D eigenvalue weighted by Gasteiger charge is -2.39. The Morgan fingerprint density at radius 3 is 2.22 bits per heavy atom. The zero-order chi connectivity index (χ0) is 32.2. The predicted molar refractivity (Wildman–Crippen MR) is 173 cm³/mol. The molecule has 0 saturated heterocycles. The topological polar surface area (TPSA) is 89.9 Å². The van der Waals surface area contributed by atoms with Gasteiger partial charge in [-0.2, -0.15) is 4.65 Å². The molecular formula is C37H41N2O7+. The van der Waals surface area contributed by atoms with E-state index >= 15 is 0 Å². The number of hydroxylamine groups is 3. The molecule has 8 rings (SSSR count). The monoisotopic (exact) mass is 625 g/mol. The first-order valence-electron chi connectivity index (χ1n) is 15.7. The smallest absolute Gasteiger partial charge is 0.201 e. The Morgan fingerprint density at radius 1 is 0.783 bits per heavy atom. The molecule has 4 aromatic carbocycles. The molecule has 0 aliphatic carbocycles. The van der Waals surface area contributed by atoms with Gasteiger partial charge in [0, 0.05) is 36.6 Å². The minimum absolute atomic E-state index is 0.0617. The molecule has 4 aliphatic rings. The van der Waals surface area contributed by atoms with Crippen molar-refractivity contribution in [1.29, 1.82) is 0 Å². The van der Waals surface area contributed by atoms with Gasteiger partial charge >= 0.3 is 0 Å². The summed E-state index contributed by atoms with van der Waals surface area (Å²) in [6.45, 7) is 1.39. The second-order valence-electron chi connectivity index (χ2n) is 12.7. The molecule has 0 radical (unpaired) electrons. The summed E-state index contributed by atoms with van der Waals surface area (Å²) in [5.41, 5.74) is 6.16. The average Bonchev–Trinajstić information content (AvgIpc) is 3.05. The van der Waals surface area contributed by atoms with Gasteiger partial charge in [0.1, 0.15) is 18.3 Å². The first-order valence-corrected chi connectivity index (χ1v) is 15.7. The standard InChI is InChI=1S/C37H40N2O7/c1-38-14-12-25-20-34(44-5)36(40)37-35(25)28(38)16-23-8-11-30(42-3)32(18-23)45-26-9-6-22(7-10-26)17-29-27-21-33(46-37)31(43-4)19-24(27)13-15-39(29,2)41/h6-11,18-21,28-29,41H,12-17H2,1-5H3/p+1/t28-,29-,39+/m0/s1. The number of phenols is 1. The van der Waals surface area contributed by atoms with Crippen LogP contribution in [0.2, 0.25) is 0 Å². The number of likely N-dealkylation sites (N-methyl/N-ethyl adjacent to an activating group) is 2. The molecule has 0 fully saturated rings. The highest BCUT2D eigenvalue weighted by Gasteiger charge is 2.40. The first-order chi connectivity index (χ1) is 22.2. The van der Waals surface area contributed by atoms with Gasteiger partial charge in [-0.1, -0.05) is 18.2 Å². The highest BCUT2D eigenvalue weighted by molar-refractivity contribution is 5.63. The lowest BCUT2D eigenvalue weighted by molar-refractivity contribution is -1.11. The fourth-order valence-corrected chi connectivity index (χ4v) is 7.25. The zero-order valence-corrected chi connectivity index (χ0v) is 27.0. The van der Waals surface area contributed by atoms with Crippen LogP contribution in [0, 0.1) is 0 Å². The van der Waals surface area contributed by atoms with Gasteiger partial charge in [-0.3, -0.25) is 4.90 Å². The van der Waals surface area contributed by atoms with Gasteiger partial charge in [0.25, 0.3) is 0 Å². The van der Waals surface area contributed by atoms with Crippen LogP contribution in [0.4, 0.5) is 0 Å². The van der Waals surface area contributed by atoms with Crippen LogP contribution in [-0.4, -0.2) is 68.4 Å². The number of phenolic OH excluding ortho intramolecular Hbond substituents is 1. The Balaban J connectivity index is 1.47. The molecule has 0 saturated carbocycles. The quantitative estimate of drug-likeness (QED) is 0.242. The highest BCUT2D eigenvalue weighted by Crippen LogP contribution is 2.51. The number of fused-ring (bicyclic) bond motifs is 2. The van der Waals surface area contributed by atoms with E-state index in [1.54, 1.807) is 21.3 Å². The van der Waals surface area contributed by atoms with E-state index in [4.69, 9.17) is 23.7 Å². The maximum absolute atomic E-state index is 11.7. The number of hydrogen-bond donors (Lipinski definition) is 2. The van der Waals surface area contributed by atoms with Gasteiger partial charge in [-0.15, -0.1) is 0 Å². The molecule has 0 aromatic heterocycles. The number of quaternary nitrogens is 1. The van der Waals surface area contributed by atoms with Crippen molar-refractivity contribution in [2.75, 3.05) is 48.5 Å². The summed E-state index contributed by atoms with van der Waals surface area (Å²) in [6, 6.07) is 19.6. The zero-order valence-electron chi connectivity index (χ0n) is 27.0. The summed E-state index contributed by atoms with van der Waals surface area (Å²) in [5.74, 6) is 3.65.